The lowest BCUT2D eigenvalue weighted by atomic mass is 9.85. The number of nitrogens with zero attached hydrogens (tertiary/aromatic N) is 3. The topological polar surface area (TPSA) is 207 Å². The number of rotatable bonds is 11. The Morgan fingerprint density at radius 1 is 1.03 bits per heavy atom. The van der Waals surface area contributed by atoms with Gasteiger partial charge in [0.2, 0.25) is 39.2 Å². The Bertz CT molecular complexity index is 2070. The molecular weight excluding hydrogens is 800 g/mol. The second-order valence-corrected chi connectivity index (χ2v) is 18.3. The van der Waals surface area contributed by atoms with Gasteiger partial charge in [0, 0.05) is 12.3 Å². The van der Waals surface area contributed by atoms with Crippen molar-refractivity contribution >= 4 is 44.6 Å². The Kier molecular flexibility index (Phi) is 12.7. The minimum absolute atomic E-state index is 0.00983. The predicted molar refractivity (Wildman–Crippen MR) is 207 cm³/mol. The minimum Gasteiger partial charge on any atom is -0.476 e. The van der Waals surface area contributed by atoms with Gasteiger partial charge in [-0.3, -0.25) is 24.5 Å². The van der Waals surface area contributed by atoms with Gasteiger partial charge in [0.1, 0.15) is 23.7 Å². The highest BCUT2D eigenvalue weighted by Crippen LogP contribution is 2.46. The minimum atomic E-state index is -4.89. The molecular formula is C39H52F3N7O9S. The summed E-state index contributed by atoms with van der Waals surface area (Å²) >= 11 is 0. The molecule has 1 saturated heterocycles. The van der Waals surface area contributed by atoms with Gasteiger partial charge in [-0.25, -0.2) is 18.6 Å². The molecule has 7 atom stereocenters. The normalized spacial score (nSPS) is 28.6. The summed E-state index contributed by atoms with van der Waals surface area (Å²) in [5.41, 5.74) is 0.311. The highest BCUT2D eigenvalue weighted by atomic mass is 32.2. The summed E-state index contributed by atoms with van der Waals surface area (Å²) in [4.78, 5) is 57.2. The number of alkyl halides is 3. The first kappa shape index (κ1) is 43.8. The Hall–Kier alpha value is -4.72. The van der Waals surface area contributed by atoms with Crippen molar-refractivity contribution in [2.24, 2.45) is 17.8 Å². The fourth-order valence-electron chi connectivity index (χ4n) is 7.71. The van der Waals surface area contributed by atoms with Gasteiger partial charge in [-0.15, -0.1) is 10.2 Å². The van der Waals surface area contributed by atoms with Crippen LogP contribution >= 0.6 is 0 Å². The number of fused-ring (bicyclic) bond motifs is 3. The highest BCUT2D eigenvalue weighted by molar-refractivity contribution is 7.91. The van der Waals surface area contributed by atoms with Crippen LogP contribution in [-0.4, -0.2) is 101 Å². The van der Waals surface area contributed by atoms with Crippen molar-refractivity contribution in [2.45, 2.75) is 127 Å². The molecule has 2 aromatic rings. The molecule has 2 aliphatic carbocycles. The van der Waals surface area contributed by atoms with E-state index < -0.39 is 86.4 Å². The zero-order valence-electron chi connectivity index (χ0n) is 33.6. The number of allylic oxidation sites excluding steroid dienone is 1. The molecule has 4 N–H and O–H groups in total. The first-order valence-electron chi connectivity index (χ1n) is 20.0. The molecule has 1 aromatic carbocycles. The second-order valence-electron chi connectivity index (χ2n) is 16.4. The molecule has 6 rings (SSSR count). The molecule has 0 bridgehead atoms. The molecule has 59 heavy (non-hydrogen) atoms. The summed E-state index contributed by atoms with van der Waals surface area (Å²) in [6.45, 7) is 7.15. The van der Waals surface area contributed by atoms with Crippen molar-refractivity contribution in [1.29, 1.82) is 0 Å². The first-order valence-corrected chi connectivity index (χ1v) is 21.6. The molecule has 0 spiro atoms. The quantitative estimate of drug-likeness (QED) is 0.185. The standard InChI is InChI=1S/C39H52F3N7O9S/c1-6-23-18-22(3)12-8-9-13-24-20-38(24,35(52)48-59(54,55)26-16-17-26)43-31(50)29-19-25(57-33-28-15-11-10-14-27(28)32(45-46-33)56-7-2)21-49(29)34(51)30(23)44-47-36(53)58-37(4,5)39(40,41)42/h9-11,13-15,22-26,29-30,44H,6-8,12,16-21H2,1-5H3,(H,43,50)(H,47,53)(H,48,52)/b13-9-/t22-,23+,24+,25+,29-,30-,38+/m0/s1. The average molecular weight is 852 g/mol. The van der Waals surface area contributed by atoms with Crippen LogP contribution in [0.1, 0.15) is 86.0 Å². The van der Waals surface area contributed by atoms with Crippen LogP contribution in [0.5, 0.6) is 11.8 Å². The smallest absolute Gasteiger partial charge is 0.427 e. The number of ether oxygens (including phenoxy) is 3. The Labute approximate surface area is 340 Å². The number of sulfonamides is 1. The maximum absolute atomic E-state index is 14.9. The maximum atomic E-state index is 14.9. The lowest BCUT2D eigenvalue weighted by Crippen LogP contribution is -2.61. The summed E-state index contributed by atoms with van der Waals surface area (Å²) < 4.78 is 85.4. The van der Waals surface area contributed by atoms with Gasteiger partial charge >= 0.3 is 12.3 Å². The average Bonchev–Trinajstić information content (AvgIpc) is 4.10. The van der Waals surface area contributed by atoms with Crippen LogP contribution in [0, 0.1) is 17.8 Å². The Balaban J connectivity index is 1.34. The van der Waals surface area contributed by atoms with E-state index in [2.05, 4.69) is 31.1 Å². The summed E-state index contributed by atoms with van der Waals surface area (Å²) in [5.74, 6) is -2.94. The molecule has 16 nitrogen and oxygen atoms in total. The number of benzene rings is 1. The summed E-state index contributed by atoms with van der Waals surface area (Å²) in [5, 5.41) is 11.7. The SMILES string of the molecule is CCOc1nnc(O[C@@H]2C[C@H]3C(=O)N[C@]4(C(=O)NS(=O)(=O)C5CC5)C[C@H]4/C=C\CC[C@H](C)C[C@@H](CC)[C@H](NNC(=O)OC(C)(C)C(F)(F)F)C(=O)N3C2)c2ccccc12. The zero-order chi connectivity index (χ0) is 42.9. The lowest BCUT2D eigenvalue weighted by Gasteiger charge is -2.34. The fourth-order valence-corrected chi connectivity index (χ4v) is 9.07. The van der Waals surface area contributed by atoms with Crippen molar-refractivity contribution in [2.75, 3.05) is 13.2 Å². The molecule has 0 radical (unpaired) electrons. The number of halogens is 3. The van der Waals surface area contributed by atoms with E-state index in [1.54, 1.807) is 37.3 Å². The molecule has 1 aromatic heterocycles. The first-order chi connectivity index (χ1) is 27.8. The monoisotopic (exact) mass is 851 g/mol. The molecule has 0 unspecified atom stereocenters. The van der Waals surface area contributed by atoms with Crippen LogP contribution in [-0.2, 0) is 29.1 Å². The summed E-state index contributed by atoms with van der Waals surface area (Å²) in [6, 6.07) is 4.54. The van der Waals surface area contributed by atoms with E-state index in [1.165, 1.54) is 4.90 Å². The van der Waals surface area contributed by atoms with Gasteiger partial charge < -0.3 is 24.4 Å². The van der Waals surface area contributed by atoms with Gasteiger partial charge in [0.15, 0.2) is 0 Å². The van der Waals surface area contributed by atoms with Gasteiger partial charge in [-0.05, 0) is 83.3 Å². The Morgan fingerprint density at radius 2 is 1.71 bits per heavy atom. The Morgan fingerprint density at radius 3 is 2.36 bits per heavy atom. The molecule has 3 heterocycles. The second kappa shape index (κ2) is 17.1. The molecule has 3 fully saturated rings. The third-order valence-corrected chi connectivity index (χ3v) is 13.3. The van der Waals surface area contributed by atoms with Crippen molar-refractivity contribution in [3.63, 3.8) is 0 Å². The van der Waals surface area contributed by atoms with Crippen LogP contribution in [0.4, 0.5) is 18.0 Å². The maximum Gasteiger partial charge on any atom is 0.427 e. The largest absolute Gasteiger partial charge is 0.476 e. The fraction of sp³-hybridized carbons (Fsp3) is 0.641. The molecule has 4 amide bonds. The highest BCUT2D eigenvalue weighted by Gasteiger charge is 2.62. The number of aromatic nitrogens is 2. The van der Waals surface area contributed by atoms with Gasteiger partial charge in [-0.2, -0.15) is 13.2 Å². The van der Waals surface area contributed by atoms with E-state index in [4.69, 9.17) is 14.2 Å². The van der Waals surface area contributed by atoms with Crippen molar-refractivity contribution in [3.05, 3.63) is 36.4 Å². The number of nitrogens with one attached hydrogen (secondary N) is 4. The zero-order valence-corrected chi connectivity index (χ0v) is 34.5. The van der Waals surface area contributed by atoms with Crippen LogP contribution in [0.2, 0.25) is 0 Å². The molecule has 4 aliphatic rings. The van der Waals surface area contributed by atoms with Crippen LogP contribution in [0.25, 0.3) is 10.8 Å². The van der Waals surface area contributed by atoms with Crippen molar-refractivity contribution in [1.82, 2.24) is 36.0 Å². The van der Waals surface area contributed by atoms with Crippen LogP contribution in [0.3, 0.4) is 0 Å². The number of carbonyl (C=O) groups excluding carboxylic acids is 4. The van der Waals surface area contributed by atoms with E-state index in [1.807, 2.05) is 19.9 Å². The van der Waals surface area contributed by atoms with E-state index in [-0.39, 0.29) is 37.1 Å². The van der Waals surface area contributed by atoms with E-state index >= 15 is 0 Å². The number of amides is 4. The third kappa shape index (κ3) is 9.68. The van der Waals surface area contributed by atoms with Crippen LogP contribution < -0.4 is 30.4 Å². The van der Waals surface area contributed by atoms with Crippen LogP contribution in [0.15, 0.2) is 36.4 Å². The third-order valence-electron chi connectivity index (χ3n) is 11.5. The molecule has 324 valence electrons. The lowest BCUT2D eigenvalue weighted by molar-refractivity contribution is -0.244. The van der Waals surface area contributed by atoms with Crippen molar-refractivity contribution < 1.29 is 55.0 Å². The predicted octanol–water partition coefficient (Wildman–Crippen LogP) is 4.20. The van der Waals surface area contributed by atoms with E-state index in [0.29, 0.717) is 69.8 Å². The van der Waals surface area contributed by atoms with E-state index in [9.17, 15) is 40.8 Å². The van der Waals surface area contributed by atoms with E-state index in [0.717, 1.165) is 0 Å². The number of carbonyl (C=O) groups is 4. The number of hydrazine groups is 1. The molecule has 2 saturated carbocycles. The van der Waals surface area contributed by atoms with Gasteiger partial charge in [-0.1, -0.05) is 44.6 Å². The summed E-state index contributed by atoms with van der Waals surface area (Å²) in [7, 11) is -3.98. The molecule has 20 heteroatoms. The number of hydrogen-bond donors (Lipinski definition) is 4. The summed E-state index contributed by atoms with van der Waals surface area (Å²) in [6.07, 6.45) is -0.641. The van der Waals surface area contributed by atoms with Crippen molar-refractivity contribution in [3.8, 4) is 11.8 Å². The number of hydrogen-bond acceptors (Lipinski definition) is 12. The van der Waals surface area contributed by atoms with Gasteiger partial charge in [0.25, 0.3) is 5.91 Å². The molecule has 2 aliphatic heterocycles. The van der Waals surface area contributed by atoms with Gasteiger partial charge in [0.05, 0.1) is 29.2 Å².